The van der Waals surface area contributed by atoms with Gasteiger partial charge in [-0.05, 0) is 25.1 Å². The van der Waals surface area contributed by atoms with E-state index in [4.69, 9.17) is 0 Å². The van der Waals surface area contributed by atoms with E-state index in [1.807, 2.05) is 13.8 Å². The van der Waals surface area contributed by atoms with Crippen LogP contribution in [0, 0.1) is 5.92 Å². The summed E-state index contributed by atoms with van der Waals surface area (Å²) in [6, 6.07) is 4.92. The zero-order chi connectivity index (χ0) is 24.7. The highest BCUT2D eigenvalue weighted by Gasteiger charge is 2.37. The second-order valence-electron chi connectivity index (χ2n) is 7.31. The molecule has 0 saturated heterocycles. The molecular formula is C25H25F3N6. The Morgan fingerprint density at radius 2 is 1.82 bits per heavy atom. The van der Waals surface area contributed by atoms with Crippen LogP contribution < -0.4 is 0 Å². The normalized spacial score (nSPS) is 20.1. The third-order valence-corrected chi connectivity index (χ3v) is 5.02. The third kappa shape index (κ3) is 5.98. The lowest BCUT2D eigenvalue weighted by atomic mass is 9.90. The minimum Gasteiger partial charge on any atom is -0.279 e. The molecule has 2 unspecified atom stereocenters. The van der Waals surface area contributed by atoms with E-state index in [1.165, 1.54) is 12.2 Å². The van der Waals surface area contributed by atoms with E-state index in [0.29, 0.717) is 40.8 Å². The smallest absolute Gasteiger partial charge is 0.279 e. The van der Waals surface area contributed by atoms with E-state index in [-0.39, 0.29) is 12.0 Å². The second-order valence-corrected chi connectivity index (χ2v) is 7.31. The molecular weight excluding hydrogens is 441 g/mol. The first-order valence-electron chi connectivity index (χ1n) is 10.9. The van der Waals surface area contributed by atoms with Crippen LogP contribution in [0.3, 0.4) is 0 Å². The second kappa shape index (κ2) is 10.9. The summed E-state index contributed by atoms with van der Waals surface area (Å²) in [5.74, 6) is 0.421. The van der Waals surface area contributed by atoms with Crippen molar-refractivity contribution < 1.29 is 13.2 Å². The van der Waals surface area contributed by atoms with Crippen LogP contribution in [0.5, 0.6) is 0 Å². The van der Waals surface area contributed by atoms with E-state index in [2.05, 4.69) is 36.5 Å². The molecule has 9 heteroatoms. The molecule has 34 heavy (non-hydrogen) atoms. The zero-order valence-electron chi connectivity index (χ0n) is 19.2. The number of hydrogen-bond acceptors (Lipinski definition) is 5. The Kier molecular flexibility index (Phi) is 7.99. The fourth-order valence-electron chi connectivity index (χ4n) is 3.42. The Morgan fingerprint density at radius 1 is 1.09 bits per heavy atom. The number of hydrogen-bond donors (Lipinski definition) is 0. The number of nitrogens with zero attached hydrogens (tertiary/aromatic N) is 6. The Morgan fingerprint density at radius 3 is 2.47 bits per heavy atom. The molecule has 2 aromatic rings. The van der Waals surface area contributed by atoms with Crippen molar-refractivity contribution in [1.82, 2.24) is 15.0 Å². The topological polar surface area (TPSA) is 75.8 Å². The summed E-state index contributed by atoms with van der Waals surface area (Å²) in [7, 11) is 0. The van der Waals surface area contributed by atoms with Crippen LogP contribution in [0.2, 0.25) is 0 Å². The van der Waals surface area contributed by atoms with Gasteiger partial charge >= 0.3 is 6.18 Å². The lowest BCUT2D eigenvalue weighted by molar-refractivity contribution is -0.0889. The van der Waals surface area contributed by atoms with Gasteiger partial charge in [-0.3, -0.25) is 9.98 Å². The molecule has 6 nitrogen and oxygen atoms in total. The van der Waals surface area contributed by atoms with Crippen LogP contribution in [0.25, 0.3) is 0 Å². The average molecular weight is 467 g/mol. The van der Waals surface area contributed by atoms with Crippen molar-refractivity contribution in [1.29, 1.82) is 0 Å². The number of rotatable bonds is 4. The molecule has 0 spiro atoms. The molecule has 0 radical (unpaired) electrons. The van der Waals surface area contributed by atoms with Crippen molar-refractivity contribution in [2.24, 2.45) is 20.9 Å². The van der Waals surface area contributed by atoms with Crippen molar-refractivity contribution in [2.75, 3.05) is 0 Å². The van der Waals surface area contributed by atoms with Gasteiger partial charge in [0.25, 0.3) is 0 Å². The van der Waals surface area contributed by atoms with Gasteiger partial charge in [-0.15, -0.1) is 0 Å². The molecule has 0 fully saturated rings. The quantitative estimate of drug-likeness (QED) is 0.438. The van der Waals surface area contributed by atoms with Crippen molar-refractivity contribution in [2.45, 2.75) is 39.4 Å². The number of allylic oxidation sites excluding steroid dienone is 3. The van der Waals surface area contributed by atoms with E-state index in [1.54, 1.807) is 49.9 Å². The standard InChI is InChI=1S/C23H19F3N6.C2H6/c1-14(20-12-17-11-18(23(24,25)26)6-7-19(17)32-20)30-22(16-5-3-8-27-13-16)31-15(2)21-28-9-4-10-29-21;1-2/h3-11,13,17,19H,1,12H2,2H3;1-2H3. The Labute approximate surface area is 196 Å². The Hall–Kier alpha value is -3.75. The highest BCUT2D eigenvalue weighted by molar-refractivity contribution is 6.12. The van der Waals surface area contributed by atoms with E-state index in [9.17, 15) is 13.2 Å². The van der Waals surface area contributed by atoms with Gasteiger partial charge < -0.3 is 0 Å². The number of aromatic nitrogens is 3. The molecule has 0 N–H and O–H groups in total. The Balaban J connectivity index is 0.00000158. The van der Waals surface area contributed by atoms with Gasteiger partial charge in [0.2, 0.25) is 0 Å². The molecule has 0 aromatic carbocycles. The minimum atomic E-state index is -4.38. The molecule has 2 aromatic heterocycles. The van der Waals surface area contributed by atoms with Gasteiger partial charge in [-0.1, -0.05) is 38.7 Å². The van der Waals surface area contributed by atoms with Crippen LogP contribution in [0.15, 0.2) is 94.0 Å². The van der Waals surface area contributed by atoms with Crippen LogP contribution in [0.4, 0.5) is 13.2 Å². The van der Waals surface area contributed by atoms with E-state index >= 15 is 0 Å². The van der Waals surface area contributed by atoms with Gasteiger partial charge in [0.1, 0.15) is 0 Å². The molecule has 3 heterocycles. The number of amidine groups is 1. The van der Waals surface area contributed by atoms with Crippen LogP contribution in [-0.2, 0) is 0 Å². The lowest BCUT2D eigenvalue weighted by Gasteiger charge is -2.18. The SMILES string of the molecule is C=C(N=C(N=C(C)c1ncccn1)c1cccnc1)C1=NC2C=CC(C(F)(F)F)=CC2C1.CC. The van der Waals surface area contributed by atoms with E-state index in [0.717, 1.165) is 6.08 Å². The summed E-state index contributed by atoms with van der Waals surface area (Å²) in [6.45, 7) is 9.77. The molecule has 1 aliphatic carbocycles. The number of fused-ring (bicyclic) bond motifs is 1. The van der Waals surface area contributed by atoms with Gasteiger partial charge in [-0.2, -0.15) is 13.2 Å². The summed E-state index contributed by atoms with van der Waals surface area (Å²) in [6.07, 6.45) is 6.22. The van der Waals surface area contributed by atoms with Gasteiger partial charge in [-0.25, -0.2) is 20.0 Å². The predicted octanol–water partition coefficient (Wildman–Crippen LogP) is 5.56. The molecule has 2 atom stereocenters. The highest BCUT2D eigenvalue weighted by atomic mass is 19.4. The maximum Gasteiger partial charge on any atom is 0.416 e. The van der Waals surface area contributed by atoms with Crippen molar-refractivity contribution >= 4 is 17.3 Å². The molecule has 0 bridgehead atoms. The van der Waals surface area contributed by atoms with Gasteiger partial charge in [0.15, 0.2) is 11.7 Å². The number of halogens is 3. The summed E-state index contributed by atoms with van der Waals surface area (Å²) in [4.78, 5) is 26.2. The summed E-state index contributed by atoms with van der Waals surface area (Å²) in [5.41, 5.74) is 1.44. The zero-order valence-corrected chi connectivity index (χ0v) is 19.2. The molecule has 2 aliphatic rings. The molecule has 176 valence electrons. The first kappa shape index (κ1) is 24.9. The molecule has 1 aliphatic heterocycles. The first-order chi connectivity index (χ1) is 16.3. The number of pyridine rings is 1. The maximum atomic E-state index is 13.0. The maximum absolute atomic E-state index is 13.0. The van der Waals surface area contributed by atoms with E-state index < -0.39 is 11.7 Å². The first-order valence-corrected chi connectivity index (χ1v) is 10.9. The fourth-order valence-corrected chi connectivity index (χ4v) is 3.42. The molecule has 4 rings (SSSR count). The number of aliphatic imine (C=N–C) groups is 3. The van der Waals surface area contributed by atoms with Gasteiger partial charge in [0.05, 0.1) is 28.7 Å². The summed E-state index contributed by atoms with van der Waals surface area (Å²) in [5, 5.41) is 0. The predicted molar refractivity (Wildman–Crippen MR) is 128 cm³/mol. The third-order valence-electron chi connectivity index (χ3n) is 5.02. The fraction of sp³-hybridized carbons (Fsp3) is 0.280. The monoisotopic (exact) mass is 466 g/mol. The summed E-state index contributed by atoms with van der Waals surface area (Å²) >= 11 is 0. The minimum absolute atomic E-state index is 0.321. The summed E-state index contributed by atoms with van der Waals surface area (Å²) < 4.78 is 39.1. The molecule has 0 amide bonds. The van der Waals surface area contributed by atoms with Crippen LogP contribution >= 0.6 is 0 Å². The van der Waals surface area contributed by atoms with Crippen molar-refractivity contribution in [3.05, 3.63) is 90.5 Å². The van der Waals surface area contributed by atoms with Crippen LogP contribution in [-0.4, -0.2) is 44.4 Å². The van der Waals surface area contributed by atoms with Crippen molar-refractivity contribution in [3.63, 3.8) is 0 Å². The largest absolute Gasteiger partial charge is 0.416 e. The molecule has 0 saturated carbocycles. The Bertz CT molecular complexity index is 1160. The average Bonchev–Trinajstić information content (AvgIpc) is 3.29. The van der Waals surface area contributed by atoms with Gasteiger partial charge in [0, 0.05) is 42.7 Å². The van der Waals surface area contributed by atoms with Crippen molar-refractivity contribution in [3.8, 4) is 0 Å². The lowest BCUT2D eigenvalue weighted by Crippen LogP contribution is -2.19. The number of alkyl halides is 3. The highest BCUT2D eigenvalue weighted by Crippen LogP contribution is 2.36. The van der Waals surface area contributed by atoms with Crippen LogP contribution in [0.1, 0.15) is 38.6 Å².